The number of hydrogen-bond acceptors (Lipinski definition) is 5. The molecule has 0 radical (unpaired) electrons. The Labute approximate surface area is 173 Å². The van der Waals surface area contributed by atoms with Crippen molar-refractivity contribution in [1.29, 1.82) is 0 Å². The molecule has 29 heavy (non-hydrogen) atoms. The average molecular weight is 403 g/mol. The largest absolute Gasteiger partial charge is 0.497 e. The summed E-state index contributed by atoms with van der Waals surface area (Å²) in [6, 6.07) is 8.02. The zero-order valence-electron chi connectivity index (χ0n) is 17.7. The predicted molar refractivity (Wildman–Crippen MR) is 111 cm³/mol. The molecule has 4 rings (SSSR count). The molecule has 2 atom stereocenters. The molecule has 0 aromatic heterocycles. The van der Waals surface area contributed by atoms with Gasteiger partial charge in [-0.1, -0.05) is 19.1 Å². The number of rotatable bonds is 5. The van der Waals surface area contributed by atoms with Gasteiger partial charge in [-0.15, -0.1) is 0 Å². The fourth-order valence-electron chi connectivity index (χ4n) is 5.24. The number of nitrogens with zero attached hydrogens (tertiary/aromatic N) is 1. The fourth-order valence-corrected chi connectivity index (χ4v) is 5.24. The Hall–Kier alpha value is -1.63. The number of carbonyl (C=O) groups is 1. The lowest BCUT2D eigenvalue weighted by Crippen LogP contribution is -2.65. The van der Waals surface area contributed by atoms with Crippen LogP contribution in [0, 0.1) is 5.41 Å². The Morgan fingerprint density at radius 2 is 2.10 bits per heavy atom. The van der Waals surface area contributed by atoms with E-state index in [0.717, 1.165) is 56.5 Å². The molecule has 0 aliphatic carbocycles. The van der Waals surface area contributed by atoms with Crippen LogP contribution in [0.5, 0.6) is 5.75 Å². The molecule has 3 aliphatic rings. The van der Waals surface area contributed by atoms with Crippen molar-refractivity contribution in [3.05, 3.63) is 29.8 Å². The first kappa shape index (κ1) is 20.6. The highest BCUT2D eigenvalue weighted by Gasteiger charge is 2.49. The molecule has 3 saturated heterocycles. The van der Waals surface area contributed by atoms with E-state index in [4.69, 9.17) is 9.47 Å². The molecule has 0 bridgehead atoms. The molecule has 0 unspecified atom stereocenters. The van der Waals surface area contributed by atoms with Crippen LogP contribution in [-0.4, -0.2) is 67.0 Å². The number of likely N-dealkylation sites (tertiary alicyclic amines) is 1. The van der Waals surface area contributed by atoms with E-state index in [1.807, 2.05) is 23.1 Å². The van der Waals surface area contributed by atoms with Crippen LogP contribution in [0.2, 0.25) is 0 Å². The number of aliphatic hydroxyl groups excluding tert-OH is 1. The molecule has 1 aromatic carbocycles. The van der Waals surface area contributed by atoms with E-state index in [2.05, 4.69) is 18.3 Å². The molecular weight excluding hydrogens is 368 g/mol. The predicted octanol–water partition coefficient (Wildman–Crippen LogP) is 2.14. The van der Waals surface area contributed by atoms with Gasteiger partial charge in [0.2, 0.25) is 5.91 Å². The minimum Gasteiger partial charge on any atom is -0.497 e. The lowest BCUT2D eigenvalue weighted by atomic mass is 9.74. The van der Waals surface area contributed by atoms with Crippen LogP contribution in [-0.2, 0) is 16.0 Å². The van der Waals surface area contributed by atoms with Gasteiger partial charge in [0.05, 0.1) is 30.3 Å². The monoisotopic (exact) mass is 402 g/mol. The molecule has 6 nitrogen and oxygen atoms in total. The maximum atomic E-state index is 13.5. The van der Waals surface area contributed by atoms with Crippen LogP contribution in [0.1, 0.15) is 44.6 Å². The van der Waals surface area contributed by atoms with Crippen LogP contribution >= 0.6 is 0 Å². The third-order valence-corrected chi connectivity index (χ3v) is 7.03. The zero-order valence-corrected chi connectivity index (χ0v) is 17.7. The minimum atomic E-state index is -0.365. The minimum absolute atomic E-state index is 0.135. The molecule has 6 heteroatoms. The van der Waals surface area contributed by atoms with Gasteiger partial charge in [-0.2, -0.15) is 0 Å². The number of carbonyl (C=O) groups excluding carboxylic acids is 1. The average Bonchev–Trinajstić information content (AvgIpc) is 2.70. The number of amides is 1. The Morgan fingerprint density at radius 3 is 2.72 bits per heavy atom. The third-order valence-electron chi connectivity index (χ3n) is 7.03. The van der Waals surface area contributed by atoms with Crippen molar-refractivity contribution < 1.29 is 19.4 Å². The maximum absolute atomic E-state index is 13.5. The second kappa shape index (κ2) is 8.25. The van der Waals surface area contributed by atoms with E-state index in [1.165, 1.54) is 0 Å². The van der Waals surface area contributed by atoms with Gasteiger partial charge in [0, 0.05) is 32.6 Å². The van der Waals surface area contributed by atoms with Gasteiger partial charge < -0.3 is 24.8 Å². The van der Waals surface area contributed by atoms with Gasteiger partial charge in [-0.3, -0.25) is 4.79 Å². The first-order valence-corrected chi connectivity index (χ1v) is 11.0. The summed E-state index contributed by atoms with van der Waals surface area (Å²) in [4.78, 5) is 15.5. The second-order valence-electron chi connectivity index (χ2n) is 9.13. The Bertz CT molecular complexity index is 725. The van der Waals surface area contributed by atoms with Crippen LogP contribution in [0.4, 0.5) is 0 Å². The molecule has 1 aromatic rings. The van der Waals surface area contributed by atoms with E-state index in [-0.39, 0.29) is 29.1 Å². The fraction of sp³-hybridized carbons (Fsp3) is 0.696. The molecule has 3 heterocycles. The number of benzene rings is 1. The van der Waals surface area contributed by atoms with E-state index >= 15 is 0 Å². The highest BCUT2D eigenvalue weighted by molar-refractivity contribution is 5.85. The normalized spacial score (nSPS) is 28.0. The lowest BCUT2D eigenvalue weighted by Gasteiger charge is -2.50. The van der Waals surface area contributed by atoms with Crippen molar-refractivity contribution in [3.63, 3.8) is 0 Å². The van der Waals surface area contributed by atoms with E-state index in [9.17, 15) is 9.90 Å². The second-order valence-corrected chi connectivity index (χ2v) is 9.13. The third kappa shape index (κ3) is 4.16. The topological polar surface area (TPSA) is 71.0 Å². The summed E-state index contributed by atoms with van der Waals surface area (Å²) in [6.45, 7) is 4.97. The van der Waals surface area contributed by atoms with Crippen LogP contribution in [0.3, 0.4) is 0 Å². The van der Waals surface area contributed by atoms with Crippen molar-refractivity contribution in [3.8, 4) is 5.75 Å². The van der Waals surface area contributed by atoms with Gasteiger partial charge >= 0.3 is 0 Å². The standard InChI is InChI=1S/C23H34N2O4/c1-3-19-12-18(26)14-23(29-19)7-9-25(10-8-23)21(27)22(15-24-16-22)13-17-5-4-6-20(11-17)28-2/h4-6,11,18-19,24,26H,3,7-10,12-16H2,1-2H3/t18-,19+/m1/s1. The van der Waals surface area contributed by atoms with Crippen molar-refractivity contribution >= 4 is 5.91 Å². The van der Waals surface area contributed by atoms with Gasteiger partial charge in [0.1, 0.15) is 5.75 Å². The van der Waals surface area contributed by atoms with Gasteiger partial charge in [0.25, 0.3) is 0 Å². The lowest BCUT2D eigenvalue weighted by molar-refractivity contribution is -0.186. The van der Waals surface area contributed by atoms with Gasteiger partial charge in [0.15, 0.2) is 0 Å². The highest BCUT2D eigenvalue weighted by atomic mass is 16.5. The first-order valence-electron chi connectivity index (χ1n) is 11.0. The summed E-state index contributed by atoms with van der Waals surface area (Å²) in [5.74, 6) is 1.08. The van der Waals surface area contributed by atoms with E-state index in [0.29, 0.717) is 19.5 Å². The molecule has 1 amide bonds. The van der Waals surface area contributed by atoms with Gasteiger partial charge in [-0.25, -0.2) is 0 Å². The van der Waals surface area contributed by atoms with E-state index in [1.54, 1.807) is 7.11 Å². The molecule has 0 saturated carbocycles. The summed E-state index contributed by atoms with van der Waals surface area (Å²) in [5.41, 5.74) is 0.514. The summed E-state index contributed by atoms with van der Waals surface area (Å²) in [5, 5.41) is 13.6. The van der Waals surface area contributed by atoms with E-state index < -0.39 is 0 Å². The van der Waals surface area contributed by atoms with Gasteiger partial charge in [-0.05, 0) is 49.8 Å². The SMILES string of the molecule is CC[C@H]1C[C@@H](O)CC2(CCN(C(=O)C3(Cc4cccc(OC)c4)CNC3)CC2)O1. The highest BCUT2D eigenvalue weighted by Crippen LogP contribution is 2.40. The Morgan fingerprint density at radius 1 is 1.34 bits per heavy atom. The number of piperidine rings is 1. The smallest absolute Gasteiger partial charge is 0.231 e. The molecule has 160 valence electrons. The number of methoxy groups -OCH3 is 1. The summed E-state index contributed by atoms with van der Waals surface area (Å²) in [7, 11) is 1.67. The van der Waals surface area contributed by atoms with Crippen LogP contribution < -0.4 is 10.1 Å². The summed E-state index contributed by atoms with van der Waals surface area (Å²) >= 11 is 0. The van der Waals surface area contributed by atoms with Crippen molar-refractivity contribution in [2.75, 3.05) is 33.3 Å². The molecule has 2 N–H and O–H groups in total. The summed E-state index contributed by atoms with van der Waals surface area (Å²) in [6.07, 6.45) is 4.56. The first-order chi connectivity index (χ1) is 14.0. The molecule has 1 spiro atoms. The van der Waals surface area contributed by atoms with Crippen molar-refractivity contribution in [2.45, 2.75) is 63.3 Å². The Balaban J connectivity index is 1.41. The zero-order chi connectivity index (χ0) is 20.5. The number of aliphatic hydroxyl groups is 1. The quantitative estimate of drug-likeness (QED) is 0.790. The maximum Gasteiger partial charge on any atom is 0.231 e. The Kier molecular flexibility index (Phi) is 5.87. The number of hydrogen-bond donors (Lipinski definition) is 2. The molecule has 3 fully saturated rings. The molecular formula is C23H34N2O4. The molecule has 3 aliphatic heterocycles. The van der Waals surface area contributed by atoms with Crippen LogP contribution in [0.25, 0.3) is 0 Å². The van der Waals surface area contributed by atoms with Crippen molar-refractivity contribution in [2.24, 2.45) is 5.41 Å². The summed E-state index contributed by atoms with van der Waals surface area (Å²) < 4.78 is 11.7. The number of ether oxygens (including phenoxy) is 2. The number of nitrogens with one attached hydrogen (secondary N) is 1. The van der Waals surface area contributed by atoms with Crippen LogP contribution in [0.15, 0.2) is 24.3 Å². The van der Waals surface area contributed by atoms with Crippen molar-refractivity contribution in [1.82, 2.24) is 10.2 Å².